The van der Waals surface area contributed by atoms with Gasteiger partial charge in [-0.15, -0.1) is 11.3 Å². The van der Waals surface area contributed by atoms with E-state index >= 15 is 0 Å². The summed E-state index contributed by atoms with van der Waals surface area (Å²) in [6.07, 6.45) is 1.49. The number of furan rings is 1. The molecular weight excluding hydrogens is 386 g/mol. The molecule has 142 valence electrons. The molecule has 2 heterocycles. The van der Waals surface area contributed by atoms with Gasteiger partial charge in [-0.3, -0.25) is 4.79 Å². The van der Waals surface area contributed by atoms with Gasteiger partial charge in [-0.25, -0.2) is 0 Å². The van der Waals surface area contributed by atoms with Crippen molar-refractivity contribution in [1.29, 1.82) is 0 Å². The smallest absolute Gasteiger partial charge is 0.263 e. The van der Waals surface area contributed by atoms with Gasteiger partial charge in [0.25, 0.3) is 5.91 Å². The van der Waals surface area contributed by atoms with Crippen molar-refractivity contribution >= 4 is 28.8 Å². The second-order valence-electron chi connectivity index (χ2n) is 6.56. The Hall–Kier alpha value is -2.28. The first-order chi connectivity index (χ1) is 12.8. The summed E-state index contributed by atoms with van der Waals surface area (Å²) < 4.78 is 11.2. The van der Waals surface area contributed by atoms with Crippen LogP contribution in [0.3, 0.4) is 0 Å². The van der Waals surface area contributed by atoms with Crippen LogP contribution in [-0.4, -0.2) is 23.2 Å². The fraction of sp³-hybridized carbons (Fsp3) is 0.250. The first-order valence-corrected chi connectivity index (χ1v) is 9.60. The normalized spacial score (nSPS) is 13.8. The number of hydrogen-bond donors (Lipinski definition) is 2. The van der Waals surface area contributed by atoms with Crippen molar-refractivity contribution in [3.8, 4) is 5.75 Å². The summed E-state index contributed by atoms with van der Waals surface area (Å²) in [5.74, 6) is 0.528. The summed E-state index contributed by atoms with van der Waals surface area (Å²) in [5.41, 5.74) is -2.60. The molecule has 1 aromatic carbocycles. The standard InChI is InChI=1S/C20H20ClNO4S/c1-19(2,26-15-9-7-14(21)8-10-15)18(23)22-13-20(24,16-5-3-11-25-16)17-6-4-12-27-17/h3-12,24H,13H2,1-2H3,(H,22,23)/t20-/m1/s1. The van der Waals surface area contributed by atoms with Crippen LogP contribution in [0.4, 0.5) is 0 Å². The zero-order valence-electron chi connectivity index (χ0n) is 14.9. The summed E-state index contributed by atoms with van der Waals surface area (Å²) in [7, 11) is 0. The van der Waals surface area contributed by atoms with Crippen molar-refractivity contribution in [2.45, 2.75) is 25.0 Å². The third-order valence-electron chi connectivity index (χ3n) is 4.10. The number of ether oxygens (including phenoxy) is 1. The van der Waals surface area contributed by atoms with Crippen LogP contribution in [0, 0.1) is 0 Å². The maximum Gasteiger partial charge on any atom is 0.263 e. The average molecular weight is 406 g/mol. The molecule has 2 aromatic heterocycles. The second kappa shape index (κ2) is 7.76. The molecule has 0 saturated heterocycles. The molecule has 2 N–H and O–H groups in total. The van der Waals surface area contributed by atoms with Crippen LogP contribution >= 0.6 is 22.9 Å². The van der Waals surface area contributed by atoms with Crippen LogP contribution < -0.4 is 10.1 Å². The summed E-state index contributed by atoms with van der Waals surface area (Å²) in [6.45, 7) is 3.27. The van der Waals surface area contributed by atoms with Crippen LogP contribution in [0.25, 0.3) is 0 Å². The molecule has 0 aliphatic carbocycles. The van der Waals surface area contributed by atoms with E-state index in [1.807, 2.05) is 11.4 Å². The van der Waals surface area contributed by atoms with Crippen LogP contribution in [0.1, 0.15) is 24.5 Å². The zero-order chi connectivity index (χ0) is 19.5. The van der Waals surface area contributed by atoms with Gasteiger partial charge in [0.1, 0.15) is 11.5 Å². The topological polar surface area (TPSA) is 71.7 Å². The first-order valence-electron chi connectivity index (χ1n) is 8.34. The van der Waals surface area contributed by atoms with Crippen molar-refractivity contribution in [1.82, 2.24) is 5.32 Å². The molecule has 0 bridgehead atoms. The van der Waals surface area contributed by atoms with E-state index in [9.17, 15) is 9.90 Å². The SMILES string of the molecule is CC(C)(Oc1ccc(Cl)cc1)C(=O)NC[C@@](O)(c1ccco1)c1cccs1. The number of benzene rings is 1. The number of carbonyl (C=O) groups excluding carboxylic acids is 1. The van der Waals surface area contributed by atoms with Crippen molar-refractivity contribution in [3.05, 3.63) is 75.8 Å². The maximum atomic E-state index is 12.7. The molecule has 5 nitrogen and oxygen atoms in total. The van der Waals surface area contributed by atoms with Crippen LogP contribution in [0.2, 0.25) is 5.02 Å². The van der Waals surface area contributed by atoms with E-state index in [0.29, 0.717) is 21.4 Å². The molecule has 1 atom stereocenters. The monoisotopic (exact) mass is 405 g/mol. The Morgan fingerprint density at radius 2 is 1.96 bits per heavy atom. The lowest BCUT2D eigenvalue weighted by atomic mass is 9.98. The van der Waals surface area contributed by atoms with E-state index in [-0.39, 0.29) is 12.5 Å². The summed E-state index contributed by atoms with van der Waals surface area (Å²) >= 11 is 7.26. The van der Waals surface area contributed by atoms with Crippen LogP contribution in [0.5, 0.6) is 5.75 Å². The summed E-state index contributed by atoms with van der Waals surface area (Å²) in [6, 6.07) is 13.8. The Bertz CT molecular complexity index is 839. The van der Waals surface area contributed by atoms with E-state index < -0.39 is 11.2 Å². The lowest BCUT2D eigenvalue weighted by molar-refractivity contribution is -0.135. The van der Waals surface area contributed by atoms with Gasteiger partial charge in [-0.1, -0.05) is 17.7 Å². The van der Waals surface area contributed by atoms with Gasteiger partial charge in [0, 0.05) is 9.90 Å². The highest BCUT2D eigenvalue weighted by Crippen LogP contribution is 2.33. The molecule has 0 spiro atoms. The predicted molar refractivity (Wildman–Crippen MR) is 105 cm³/mol. The molecule has 0 unspecified atom stereocenters. The fourth-order valence-corrected chi connectivity index (χ4v) is 3.54. The number of rotatable bonds is 7. The third-order valence-corrected chi connectivity index (χ3v) is 5.37. The van der Waals surface area contributed by atoms with Crippen molar-refractivity contribution < 1.29 is 19.1 Å². The van der Waals surface area contributed by atoms with E-state index in [1.54, 1.807) is 56.3 Å². The molecule has 0 aliphatic rings. The van der Waals surface area contributed by atoms with Gasteiger partial charge in [0.05, 0.1) is 12.8 Å². The quantitative estimate of drug-likeness (QED) is 0.617. The van der Waals surface area contributed by atoms with E-state index in [4.69, 9.17) is 20.8 Å². The van der Waals surface area contributed by atoms with Crippen molar-refractivity contribution in [2.24, 2.45) is 0 Å². The Balaban J connectivity index is 1.73. The number of hydrogen-bond acceptors (Lipinski definition) is 5. The minimum Gasteiger partial charge on any atom is -0.478 e. The van der Waals surface area contributed by atoms with Gasteiger partial charge in [-0.05, 0) is 61.7 Å². The number of aliphatic hydroxyl groups is 1. The maximum absolute atomic E-state index is 12.7. The fourth-order valence-electron chi connectivity index (χ4n) is 2.59. The summed E-state index contributed by atoms with van der Waals surface area (Å²) in [4.78, 5) is 13.4. The van der Waals surface area contributed by atoms with E-state index in [0.717, 1.165) is 0 Å². The minimum absolute atomic E-state index is 0.0483. The van der Waals surface area contributed by atoms with Gasteiger partial charge < -0.3 is 19.6 Å². The number of nitrogens with one attached hydrogen (secondary N) is 1. The molecule has 3 rings (SSSR count). The molecule has 0 fully saturated rings. The number of thiophene rings is 1. The second-order valence-corrected chi connectivity index (χ2v) is 7.95. The minimum atomic E-state index is -1.45. The highest BCUT2D eigenvalue weighted by atomic mass is 35.5. The van der Waals surface area contributed by atoms with E-state index in [1.165, 1.54) is 17.6 Å². The predicted octanol–water partition coefficient (Wildman–Crippen LogP) is 4.20. The van der Waals surface area contributed by atoms with Crippen molar-refractivity contribution in [2.75, 3.05) is 6.54 Å². The number of amides is 1. The summed E-state index contributed by atoms with van der Waals surface area (Å²) in [5, 5.41) is 16.4. The van der Waals surface area contributed by atoms with E-state index in [2.05, 4.69) is 5.32 Å². The molecule has 27 heavy (non-hydrogen) atoms. The van der Waals surface area contributed by atoms with Crippen molar-refractivity contribution in [3.63, 3.8) is 0 Å². The Morgan fingerprint density at radius 3 is 2.56 bits per heavy atom. The Morgan fingerprint density at radius 1 is 1.22 bits per heavy atom. The zero-order valence-corrected chi connectivity index (χ0v) is 16.5. The number of carbonyl (C=O) groups is 1. The van der Waals surface area contributed by atoms with Crippen LogP contribution in [-0.2, 0) is 10.4 Å². The van der Waals surface area contributed by atoms with Gasteiger partial charge in [-0.2, -0.15) is 0 Å². The third kappa shape index (κ3) is 4.35. The average Bonchev–Trinajstić information content (AvgIpc) is 3.35. The lowest BCUT2D eigenvalue weighted by Gasteiger charge is -2.29. The largest absolute Gasteiger partial charge is 0.478 e. The Labute approximate surface area is 166 Å². The highest BCUT2D eigenvalue weighted by Gasteiger charge is 2.38. The molecule has 1 amide bonds. The first kappa shape index (κ1) is 19.5. The van der Waals surface area contributed by atoms with Gasteiger partial charge >= 0.3 is 0 Å². The van der Waals surface area contributed by atoms with Crippen LogP contribution in [0.15, 0.2) is 64.6 Å². The molecule has 0 saturated carbocycles. The highest BCUT2D eigenvalue weighted by molar-refractivity contribution is 7.10. The Kier molecular flexibility index (Phi) is 5.60. The molecule has 7 heteroatoms. The molecule has 3 aromatic rings. The molecule has 0 radical (unpaired) electrons. The number of halogens is 1. The van der Waals surface area contributed by atoms with Gasteiger partial charge in [0.2, 0.25) is 0 Å². The molecular formula is C20H20ClNO4S. The van der Waals surface area contributed by atoms with Gasteiger partial charge in [0.15, 0.2) is 11.2 Å². The molecule has 0 aliphatic heterocycles. The lowest BCUT2D eigenvalue weighted by Crippen LogP contribution is -2.50.